The maximum Gasteiger partial charge on any atom is 0.250 e. The smallest absolute Gasteiger partial charge is 0.250 e. The summed E-state index contributed by atoms with van der Waals surface area (Å²) in [6.07, 6.45) is 3.09. The second-order valence-corrected chi connectivity index (χ2v) is 5.52. The van der Waals surface area contributed by atoms with E-state index in [1.54, 1.807) is 18.6 Å². The van der Waals surface area contributed by atoms with Gasteiger partial charge in [-0.25, -0.2) is 4.98 Å². The van der Waals surface area contributed by atoms with Gasteiger partial charge in [0.25, 0.3) is 0 Å². The number of methoxy groups -OCH3 is 1. The normalized spacial score (nSPS) is 10.7. The average molecular weight is 316 g/mol. The van der Waals surface area contributed by atoms with Crippen LogP contribution in [0.2, 0.25) is 0 Å². The number of hydrogen-bond acceptors (Lipinski definition) is 5. The summed E-state index contributed by atoms with van der Waals surface area (Å²) in [7, 11) is 1.58. The topological polar surface area (TPSA) is 68.3 Å². The second kappa shape index (κ2) is 7.00. The number of aromatic nitrogens is 1. The summed E-state index contributed by atoms with van der Waals surface area (Å²) in [6.45, 7) is 3.40. The SMILES string of the molecule is COc1ccc(C)cc1/C=C/C(=O)Nc1nc(C(C)=O)cs1. The number of carbonyl (C=O) groups excluding carboxylic acids is 2. The summed E-state index contributed by atoms with van der Waals surface area (Å²) in [5, 5.41) is 4.64. The van der Waals surface area contributed by atoms with E-state index in [4.69, 9.17) is 4.74 Å². The van der Waals surface area contributed by atoms with E-state index in [-0.39, 0.29) is 11.7 Å². The number of rotatable bonds is 5. The van der Waals surface area contributed by atoms with Crippen molar-refractivity contribution in [3.05, 3.63) is 46.5 Å². The van der Waals surface area contributed by atoms with Gasteiger partial charge in [-0.2, -0.15) is 0 Å². The zero-order valence-electron chi connectivity index (χ0n) is 12.5. The molecule has 2 rings (SSSR count). The Hall–Kier alpha value is -2.47. The third-order valence-electron chi connectivity index (χ3n) is 2.89. The number of amides is 1. The van der Waals surface area contributed by atoms with Crippen molar-refractivity contribution in [2.24, 2.45) is 0 Å². The average Bonchev–Trinajstić information content (AvgIpc) is 2.94. The van der Waals surface area contributed by atoms with Gasteiger partial charge in [-0.15, -0.1) is 11.3 Å². The van der Waals surface area contributed by atoms with E-state index in [1.165, 1.54) is 24.3 Å². The predicted octanol–water partition coefficient (Wildman–Crippen LogP) is 3.31. The van der Waals surface area contributed by atoms with Gasteiger partial charge < -0.3 is 4.74 Å². The number of ether oxygens (including phenoxy) is 1. The Morgan fingerprint density at radius 2 is 2.14 bits per heavy atom. The first kappa shape index (κ1) is 15.9. The fourth-order valence-electron chi connectivity index (χ4n) is 1.79. The van der Waals surface area contributed by atoms with Crippen LogP contribution in [0.5, 0.6) is 5.75 Å². The molecule has 1 heterocycles. The highest BCUT2D eigenvalue weighted by molar-refractivity contribution is 7.14. The lowest BCUT2D eigenvalue weighted by Gasteiger charge is -2.05. The fraction of sp³-hybridized carbons (Fsp3) is 0.188. The van der Waals surface area contributed by atoms with E-state index in [1.807, 2.05) is 25.1 Å². The standard InChI is InChI=1S/C16H16N2O3S/c1-10-4-6-14(21-3)12(8-10)5-7-15(20)18-16-17-13(9-22-16)11(2)19/h4-9H,1-3H3,(H,17,18,20)/b7-5+. The van der Waals surface area contributed by atoms with Gasteiger partial charge in [0.05, 0.1) is 7.11 Å². The Morgan fingerprint density at radius 1 is 1.36 bits per heavy atom. The van der Waals surface area contributed by atoms with Crippen LogP contribution >= 0.6 is 11.3 Å². The first-order valence-corrected chi connectivity index (χ1v) is 7.47. The maximum atomic E-state index is 11.9. The summed E-state index contributed by atoms with van der Waals surface area (Å²) in [5.74, 6) is 0.257. The molecule has 1 aromatic carbocycles. The van der Waals surface area contributed by atoms with Gasteiger partial charge in [-0.1, -0.05) is 11.6 Å². The van der Waals surface area contributed by atoms with E-state index >= 15 is 0 Å². The molecule has 0 atom stereocenters. The van der Waals surface area contributed by atoms with Crippen molar-refractivity contribution in [1.29, 1.82) is 0 Å². The van der Waals surface area contributed by atoms with E-state index in [0.717, 1.165) is 11.1 Å². The van der Waals surface area contributed by atoms with Gasteiger partial charge in [0, 0.05) is 23.9 Å². The van der Waals surface area contributed by atoms with Gasteiger partial charge in [0.2, 0.25) is 5.91 Å². The number of thiazole rings is 1. The minimum absolute atomic E-state index is 0.128. The van der Waals surface area contributed by atoms with E-state index in [9.17, 15) is 9.59 Å². The molecule has 0 fully saturated rings. The number of aryl methyl sites for hydroxylation is 1. The molecular weight excluding hydrogens is 300 g/mol. The third kappa shape index (κ3) is 4.02. The van der Waals surface area contributed by atoms with Crippen LogP contribution in [0.25, 0.3) is 6.08 Å². The molecule has 0 bridgehead atoms. The van der Waals surface area contributed by atoms with Crippen LogP contribution in [0, 0.1) is 6.92 Å². The third-order valence-corrected chi connectivity index (χ3v) is 3.65. The zero-order chi connectivity index (χ0) is 16.1. The van der Waals surface area contributed by atoms with Gasteiger partial charge in [-0.3, -0.25) is 14.9 Å². The molecule has 0 saturated carbocycles. The minimum Gasteiger partial charge on any atom is -0.496 e. The Morgan fingerprint density at radius 3 is 2.77 bits per heavy atom. The number of anilines is 1. The highest BCUT2D eigenvalue weighted by Gasteiger charge is 2.07. The van der Waals surface area contributed by atoms with Crippen LogP contribution in [0.1, 0.15) is 28.5 Å². The summed E-state index contributed by atoms with van der Waals surface area (Å²) in [4.78, 5) is 27.1. The molecule has 5 nitrogen and oxygen atoms in total. The quantitative estimate of drug-likeness (QED) is 0.679. The van der Waals surface area contributed by atoms with Crippen LogP contribution < -0.4 is 10.1 Å². The molecule has 0 aliphatic carbocycles. The lowest BCUT2D eigenvalue weighted by Crippen LogP contribution is -2.07. The lowest BCUT2D eigenvalue weighted by molar-refractivity contribution is -0.111. The molecule has 22 heavy (non-hydrogen) atoms. The van der Waals surface area contributed by atoms with Crippen molar-refractivity contribution in [2.75, 3.05) is 12.4 Å². The Balaban J connectivity index is 2.08. The predicted molar refractivity (Wildman–Crippen MR) is 87.5 cm³/mol. The van der Waals surface area contributed by atoms with Crippen LogP contribution in [0.4, 0.5) is 5.13 Å². The van der Waals surface area contributed by atoms with Crippen molar-refractivity contribution in [1.82, 2.24) is 4.98 Å². The Labute approximate surface area is 132 Å². The van der Waals surface area contributed by atoms with Crippen LogP contribution in [0.15, 0.2) is 29.7 Å². The van der Waals surface area contributed by atoms with Gasteiger partial charge >= 0.3 is 0 Å². The molecule has 0 unspecified atom stereocenters. The number of benzene rings is 1. The molecule has 0 aliphatic heterocycles. The molecule has 1 N–H and O–H groups in total. The molecule has 6 heteroatoms. The number of hydrogen-bond donors (Lipinski definition) is 1. The zero-order valence-corrected chi connectivity index (χ0v) is 13.4. The van der Waals surface area contributed by atoms with Crippen molar-refractivity contribution in [3.63, 3.8) is 0 Å². The van der Waals surface area contributed by atoms with E-state index in [0.29, 0.717) is 16.6 Å². The Kier molecular flexibility index (Phi) is 5.06. The fourth-order valence-corrected chi connectivity index (χ4v) is 2.54. The van der Waals surface area contributed by atoms with Gasteiger partial charge in [0.15, 0.2) is 10.9 Å². The number of ketones is 1. The molecule has 0 aliphatic rings. The molecule has 0 saturated heterocycles. The molecule has 0 spiro atoms. The summed E-state index contributed by atoms with van der Waals surface area (Å²) >= 11 is 1.22. The number of nitrogens with zero attached hydrogens (tertiary/aromatic N) is 1. The Bertz CT molecular complexity index is 735. The van der Waals surface area contributed by atoms with Crippen LogP contribution in [0.3, 0.4) is 0 Å². The van der Waals surface area contributed by atoms with Gasteiger partial charge in [0.1, 0.15) is 11.4 Å². The largest absolute Gasteiger partial charge is 0.496 e. The molecule has 2 aromatic rings. The first-order valence-electron chi connectivity index (χ1n) is 6.60. The molecule has 1 aromatic heterocycles. The minimum atomic E-state index is -0.312. The number of nitrogens with one attached hydrogen (secondary N) is 1. The second-order valence-electron chi connectivity index (χ2n) is 4.66. The van der Waals surface area contributed by atoms with Crippen molar-refractivity contribution >= 4 is 34.2 Å². The summed E-state index contributed by atoms with van der Waals surface area (Å²) in [6, 6.07) is 5.72. The highest BCUT2D eigenvalue weighted by atomic mass is 32.1. The van der Waals surface area contributed by atoms with Crippen molar-refractivity contribution < 1.29 is 14.3 Å². The number of carbonyl (C=O) groups is 2. The molecule has 0 radical (unpaired) electrons. The van der Waals surface area contributed by atoms with Crippen molar-refractivity contribution in [2.45, 2.75) is 13.8 Å². The monoisotopic (exact) mass is 316 g/mol. The van der Waals surface area contributed by atoms with Gasteiger partial charge in [-0.05, 0) is 25.1 Å². The van der Waals surface area contributed by atoms with Crippen LogP contribution in [-0.2, 0) is 4.79 Å². The number of Topliss-reactive ketones (excluding diaryl/α,β-unsaturated/α-hetero) is 1. The van der Waals surface area contributed by atoms with E-state index < -0.39 is 0 Å². The van der Waals surface area contributed by atoms with Crippen LogP contribution in [-0.4, -0.2) is 23.8 Å². The summed E-state index contributed by atoms with van der Waals surface area (Å²) in [5.41, 5.74) is 2.25. The molecule has 114 valence electrons. The lowest BCUT2D eigenvalue weighted by atomic mass is 10.1. The summed E-state index contributed by atoms with van der Waals surface area (Å²) < 4.78 is 5.25. The van der Waals surface area contributed by atoms with Crippen molar-refractivity contribution in [3.8, 4) is 5.75 Å². The maximum absolute atomic E-state index is 11.9. The molecular formula is C16H16N2O3S. The highest BCUT2D eigenvalue weighted by Crippen LogP contribution is 2.21. The molecule has 1 amide bonds. The first-order chi connectivity index (χ1) is 10.5. The van der Waals surface area contributed by atoms with E-state index in [2.05, 4.69) is 10.3 Å².